The molecule has 120 valence electrons. The van der Waals surface area contributed by atoms with Gasteiger partial charge in [0, 0.05) is 31.0 Å². The van der Waals surface area contributed by atoms with Crippen LogP contribution >= 0.6 is 0 Å². The summed E-state index contributed by atoms with van der Waals surface area (Å²) in [5.74, 6) is 2.06. The third kappa shape index (κ3) is 2.65. The van der Waals surface area contributed by atoms with Crippen LogP contribution in [0.4, 0.5) is 5.69 Å². The molecule has 2 aliphatic heterocycles. The van der Waals surface area contributed by atoms with Crippen LogP contribution in [-0.2, 0) is 0 Å². The Balaban J connectivity index is 1.64. The Morgan fingerprint density at radius 2 is 1.96 bits per heavy atom. The van der Waals surface area contributed by atoms with Crippen molar-refractivity contribution in [3.05, 3.63) is 48.5 Å². The molecule has 3 heterocycles. The van der Waals surface area contributed by atoms with Crippen molar-refractivity contribution in [2.45, 2.75) is 18.4 Å². The molecule has 2 aromatic rings. The van der Waals surface area contributed by atoms with Crippen molar-refractivity contribution in [1.29, 1.82) is 0 Å². The molecule has 0 amide bonds. The summed E-state index contributed by atoms with van der Waals surface area (Å²) < 4.78 is 5.29. The Morgan fingerprint density at radius 1 is 1.17 bits per heavy atom. The summed E-state index contributed by atoms with van der Waals surface area (Å²) in [6, 6.07) is 9.11. The van der Waals surface area contributed by atoms with Gasteiger partial charge in [-0.3, -0.25) is 0 Å². The molecule has 2 fully saturated rings. The number of ether oxygens (including phenoxy) is 1. The molecule has 2 aliphatic rings. The van der Waals surface area contributed by atoms with E-state index in [9.17, 15) is 0 Å². The van der Waals surface area contributed by atoms with Gasteiger partial charge in [0.25, 0.3) is 0 Å². The van der Waals surface area contributed by atoms with Gasteiger partial charge < -0.3 is 15.0 Å². The van der Waals surface area contributed by atoms with Crippen molar-refractivity contribution < 1.29 is 4.74 Å². The number of hydrogen-bond donors (Lipinski definition) is 1. The van der Waals surface area contributed by atoms with Crippen LogP contribution in [0.1, 0.15) is 17.9 Å². The Bertz CT molecular complexity index is 646. The summed E-state index contributed by atoms with van der Waals surface area (Å²) in [4.78, 5) is 10.9. The number of hydrogen-bond acceptors (Lipinski definition) is 5. The lowest BCUT2D eigenvalue weighted by Crippen LogP contribution is -2.44. The molecule has 5 nitrogen and oxygen atoms in total. The van der Waals surface area contributed by atoms with Gasteiger partial charge in [0.15, 0.2) is 0 Å². The molecular weight excluding hydrogens is 288 g/mol. The van der Waals surface area contributed by atoms with Crippen LogP contribution in [0.3, 0.4) is 0 Å². The van der Waals surface area contributed by atoms with Gasteiger partial charge in [-0.25, -0.2) is 9.97 Å². The van der Waals surface area contributed by atoms with E-state index >= 15 is 0 Å². The van der Waals surface area contributed by atoms with Crippen LogP contribution in [0.2, 0.25) is 0 Å². The first-order valence-corrected chi connectivity index (χ1v) is 8.23. The van der Waals surface area contributed by atoms with Crippen LogP contribution < -0.4 is 15.0 Å². The Labute approximate surface area is 136 Å². The maximum atomic E-state index is 5.29. The molecule has 4 rings (SSSR count). The standard InChI is InChI=1S/C18H22N4O/c1-23-15-4-2-13(3-5-15)17-11-22(14-8-20-12-21-9-14)18-6-7-19-10-16(17)18/h2-5,8-9,12,16-19H,6-7,10-11H2,1H3/t16-,17-,18-/m1/s1. The van der Waals surface area contributed by atoms with Crippen molar-refractivity contribution in [1.82, 2.24) is 15.3 Å². The first-order chi connectivity index (χ1) is 11.4. The number of anilines is 1. The zero-order valence-electron chi connectivity index (χ0n) is 13.4. The average molecular weight is 310 g/mol. The molecule has 1 N–H and O–H groups in total. The van der Waals surface area contributed by atoms with Gasteiger partial charge in [-0.15, -0.1) is 0 Å². The molecule has 0 unspecified atom stereocenters. The second kappa shape index (κ2) is 6.16. The minimum Gasteiger partial charge on any atom is -0.497 e. The second-order valence-electron chi connectivity index (χ2n) is 6.35. The van der Waals surface area contributed by atoms with Crippen molar-refractivity contribution in [3.63, 3.8) is 0 Å². The minimum atomic E-state index is 0.527. The number of aromatic nitrogens is 2. The summed E-state index contributed by atoms with van der Waals surface area (Å²) >= 11 is 0. The number of nitrogens with zero attached hydrogens (tertiary/aromatic N) is 3. The van der Waals surface area contributed by atoms with Crippen LogP contribution in [0.25, 0.3) is 0 Å². The highest BCUT2D eigenvalue weighted by molar-refractivity contribution is 5.47. The summed E-state index contributed by atoms with van der Waals surface area (Å²) in [6.07, 6.45) is 6.64. The van der Waals surface area contributed by atoms with Gasteiger partial charge in [0.05, 0.1) is 25.2 Å². The summed E-state index contributed by atoms with van der Waals surface area (Å²) in [6.45, 7) is 3.18. The van der Waals surface area contributed by atoms with E-state index in [0.717, 1.165) is 31.1 Å². The first-order valence-electron chi connectivity index (χ1n) is 8.23. The molecule has 0 saturated carbocycles. The number of piperidine rings is 1. The van der Waals surface area contributed by atoms with Crippen molar-refractivity contribution in [2.75, 3.05) is 31.6 Å². The zero-order valence-corrected chi connectivity index (χ0v) is 13.4. The van der Waals surface area contributed by atoms with E-state index in [1.807, 2.05) is 12.4 Å². The molecule has 2 saturated heterocycles. The first kappa shape index (κ1) is 14.5. The monoisotopic (exact) mass is 310 g/mol. The van der Waals surface area contributed by atoms with Gasteiger partial charge in [-0.2, -0.15) is 0 Å². The number of fused-ring (bicyclic) bond motifs is 1. The van der Waals surface area contributed by atoms with Gasteiger partial charge in [-0.1, -0.05) is 12.1 Å². The van der Waals surface area contributed by atoms with E-state index in [1.54, 1.807) is 13.4 Å². The normalized spacial score (nSPS) is 26.8. The van der Waals surface area contributed by atoms with E-state index in [4.69, 9.17) is 4.74 Å². The second-order valence-corrected chi connectivity index (χ2v) is 6.35. The SMILES string of the molecule is COc1ccc([C@H]2CN(c3cncnc3)[C@@H]3CCNC[C@H]23)cc1. The summed E-state index contributed by atoms with van der Waals surface area (Å²) in [5, 5.41) is 3.57. The van der Waals surface area contributed by atoms with Crippen LogP contribution in [0, 0.1) is 5.92 Å². The molecule has 0 aliphatic carbocycles. The van der Waals surface area contributed by atoms with Gasteiger partial charge in [-0.05, 0) is 30.7 Å². The topological polar surface area (TPSA) is 50.3 Å². The predicted octanol–water partition coefficient (Wildman–Crippen LogP) is 2.07. The van der Waals surface area contributed by atoms with Crippen molar-refractivity contribution in [2.24, 2.45) is 5.92 Å². The van der Waals surface area contributed by atoms with E-state index in [2.05, 4.69) is 44.5 Å². The Kier molecular flexibility index (Phi) is 3.87. The lowest BCUT2D eigenvalue weighted by molar-refractivity contribution is 0.338. The third-order valence-electron chi connectivity index (χ3n) is 5.22. The predicted molar refractivity (Wildman–Crippen MR) is 89.9 cm³/mol. The molecule has 5 heteroatoms. The molecule has 3 atom stereocenters. The molecule has 0 radical (unpaired) electrons. The van der Waals surface area contributed by atoms with E-state index in [0.29, 0.717) is 17.9 Å². The molecule has 0 bridgehead atoms. The van der Waals surface area contributed by atoms with Gasteiger partial charge >= 0.3 is 0 Å². The minimum absolute atomic E-state index is 0.527. The van der Waals surface area contributed by atoms with E-state index < -0.39 is 0 Å². The smallest absolute Gasteiger partial charge is 0.118 e. The fourth-order valence-electron chi connectivity index (χ4n) is 4.09. The maximum absolute atomic E-state index is 5.29. The Hall–Kier alpha value is -2.14. The number of benzene rings is 1. The molecule has 1 aromatic heterocycles. The lowest BCUT2D eigenvalue weighted by Gasteiger charge is -2.33. The van der Waals surface area contributed by atoms with Gasteiger partial charge in [0.2, 0.25) is 0 Å². The third-order valence-corrected chi connectivity index (χ3v) is 5.22. The molecule has 0 spiro atoms. The number of nitrogens with one attached hydrogen (secondary N) is 1. The van der Waals surface area contributed by atoms with E-state index in [1.165, 1.54) is 12.0 Å². The summed E-state index contributed by atoms with van der Waals surface area (Å²) in [5.41, 5.74) is 2.53. The maximum Gasteiger partial charge on any atom is 0.118 e. The fourth-order valence-corrected chi connectivity index (χ4v) is 4.09. The molecule has 23 heavy (non-hydrogen) atoms. The van der Waals surface area contributed by atoms with Crippen LogP contribution in [0.5, 0.6) is 5.75 Å². The van der Waals surface area contributed by atoms with Crippen molar-refractivity contribution in [3.8, 4) is 5.75 Å². The zero-order chi connectivity index (χ0) is 15.6. The summed E-state index contributed by atoms with van der Waals surface area (Å²) in [7, 11) is 1.71. The highest BCUT2D eigenvalue weighted by Crippen LogP contribution is 2.41. The van der Waals surface area contributed by atoms with Gasteiger partial charge in [0.1, 0.15) is 12.1 Å². The molecular formula is C18H22N4O. The van der Waals surface area contributed by atoms with E-state index in [-0.39, 0.29) is 0 Å². The van der Waals surface area contributed by atoms with Crippen molar-refractivity contribution >= 4 is 5.69 Å². The lowest BCUT2D eigenvalue weighted by atomic mass is 9.82. The molecule has 1 aromatic carbocycles. The van der Waals surface area contributed by atoms with Crippen LogP contribution in [-0.4, -0.2) is 42.8 Å². The average Bonchev–Trinajstić information content (AvgIpc) is 3.02. The highest BCUT2D eigenvalue weighted by Gasteiger charge is 2.43. The van der Waals surface area contributed by atoms with Crippen LogP contribution in [0.15, 0.2) is 43.0 Å². The number of methoxy groups -OCH3 is 1. The Morgan fingerprint density at radius 3 is 2.70 bits per heavy atom. The fraction of sp³-hybridized carbons (Fsp3) is 0.444. The quantitative estimate of drug-likeness (QED) is 0.940. The largest absolute Gasteiger partial charge is 0.497 e. The highest BCUT2D eigenvalue weighted by atomic mass is 16.5. The number of rotatable bonds is 3.